The van der Waals surface area contributed by atoms with Crippen molar-refractivity contribution in [3.05, 3.63) is 12.2 Å². The molecule has 0 bridgehead atoms. The van der Waals surface area contributed by atoms with Gasteiger partial charge in [-0.3, -0.25) is 4.79 Å². The van der Waals surface area contributed by atoms with Gasteiger partial charge in [-0.25, -0.2) is 0 Å². The second kappa shape index (κ2) is 44.5. The van der Waals surface area contributed by atoms with Gasteiger partial charge in [0.05, 0.1) is 18.8 Å². The maximum absolute atomic E-state index is 12.4. The molecule has 0 heterocycles. The summed E-state index contributed by atoms with van der Waals surface area (Å²) in [6.07, 6.45) is 55.9. The minimum Gasteiger partial charge on any atom is -0.394 e. The van der Waals surface area contributed by atoms with E-state index in [1.807, 2.05) is 0 Å². The molecule has 0 spiro atoms. The van der Waals surface area contributed by atoms with Crippen LogP contribution in [0.3, 0.4) is 0 Å². The lowest BCUT2D eigenvalue weighted by atomic mass is 10.0. The Morgan fingerprint density at radius 2 is 0.731 bits per heavy atom. The van der Waals surface area contributed by atoms with E-state index in [4.69, 9.17) is 0 Å². The maximum atomic E-state index is 12.4. The zero-order valence-corrected chi connectivity index (χ0v) is 35.6. The van der Waals surface area contributed by atoms with E-state index in [1.54, 1.807) is 0 Å². The molecule has 2 unspecified atom stereocenters. The average molecular weight is 734 g/mol. The molecule has 52 heavy (non-hydrogen) atoms. The monoisotopic (exact) mass is 734 g/mol. The van der Waals surface area contributed by atoms with Gasteiger partial charge >= 0.3 is 0 Å². The Morgan fingerprint density at radius 1 is 0.442 bits per heavy atom. The zero-order valence-electron chi connectivity index (χ0n) is 35.6. The molecule has 2 atom stereocenters. The Bertz CT molecular complexity index is 710. The van der Waals surface area contributed by atoms with Gasteiger partial charge in [0.2, 0.25) is 5.91 Å². The summed E-state index contributed by atoms with van der Waals surface area (Å²) in [5, 5.41) is 23.2. The van der Waals surface area contributed by atoms with E-state index < -0.39 is 12.1 Å². The fourth-order valence-corrected chi connectivity index (χ4v) is 7.59. The predicted molar refractivity (Wildman–Crippen MR) is 230 cm³/mol. The number of carbonyl (C=O) groups is 1. The van der Waals surface area contributed by atoms with Crippen molar-refractivity contribution >= 4 is 5.91 Å². The van der Waals surface area contributed by atoms with Crippen molar-refractivity contribution < 1.29 is 15.0 Å². The van der Waals surface area contributed by atoms with E-state index in [2.05, 4.69) is 31.3 Å². The van der Waals surface area contributed by atoms with Crippen molar-refractivity contribution in [1.29, 1.82) is 0 Å². The highest BCUT2D eigenvalue weighted by atomic mass is 16.3. The van der Waals surface area contributed by atoms with Gasteiger partial charge in [0.1, 0.15) is 0 Å². The molecule has 0 aromatic rings. The molecular weight excluding hydrogens is 639 g/mol. The fraction of sp³-hybridized carbons (Fsp3) is 0.938. The molecule has 4 nitrogen and oxygen atoms in total. The third-order valence-electron chi connectivity index (χ3n) is 11.3. The third kappa shape index (κ3) is 40.3. The second-order valence-corrected chi connectivity index (χ2v) is 16.5. The van der Waals surface area contributed by atoms with E-state index in [0.717, 1.165) is 25.7 Å². The van der Waals surface area contributed by atoms with Crippen LogP contribution in [0.15, 0.2) is 12.2 Å². The first-order chi connectivity index (χ1) is 25.7. The van der Waals surface area contributed by atoms with Gasteiger partial charge in [-0.2, -0.15) is 0 Å². The first-order valence-corrected chi connectivity index (χ1v) is 23.9. The Hall–Kier alpha value is -0.870. The number of allylic oxidation sites excluding steroid dienone is 2. The highest BCUT2D eigenvalue weighted by molar-refractivity contribution is 5.76. The zero-order chi connectivity index (χ0) is 37.8. The van der Waals surface area contributed by atoms with Crippen LogP contribution in [0.2, 0.25) is 0 Å². The van der Waals surface area contributed by atoms with Crippen LogP contribution in [-0.2, 0) is 4.79 Å². The van der Waals surface area contributed by atoms with Gasteiger partial charge < -0.3 is 15.5 Å². The van der Waals surface area contributed by atoms with Gasteiger partial charge in [-0.15, -0.1) is 0 Å². The van der Waals surface area contributed by atoms with Crippen LogP contribution < -0.4 is 5.32 Å². The molecule has 310 valence electrons. The highest BCUT2D eigenvalue weighted by Crippen LogP contribution is 2.17. The third-order valence-corrected chi connectivity index (χ3v) is 11.3. The number of hydrogen-bond acceptors (Lipinski definition) is 3. The quantitative estimate of drug-likeness (QED) is 0.0431. The number of carbonyl (C=O) groups excluding carboxylic acids is 1. The average Bonchev–Trinajstić information content (AvgIpc) is 3.15. The summed E-state index contributed by atoms with van der Waals surface area (Å²) in [5.74, 6) is -0.0322. The molecule has 4 heteroatoms. The van der Waals surface area contributed by atoms with Crippen LogP contribution in [0.25, 0.3) is 0 Å². The highest BCUT2D eigenvalue weighted by Gasteiger charge is 2.20. The van der Waals surface area contributed by atoms with Crippen molar-refractivity contribution in [2.75, 3.05) is 6.61 Å². The summed E-state index contributed by atoms with van der Waals surface area (Å²) in [6, 6.07) is -0.535. The molecule has 0 saturated carbocycles. The number of amides is 1. The van der Waals surface area contributed by atoms with Gasteiger partial charge in [0.25, 0.3) is 0 Å². The number of aliphatic hydroxyl groups excluding tert-OH is 2. The van der Waals surface area contributed by atoms with E-state index in [9.17, 15) is 15.0 Å². The molecule has 0 aliphatic rings. The lowest BCUT2D eigenvalue weighted by Gasteiger charge is -2.22. The van der Waals surface area contributed by atoms with Crippen LogP contribution in [0.5, 0.6) is 0 Å². The molecule has 0 radical (unpaired) electrons. The van der Waals surface area contributed by atoms with Crippen molar-refractivity contribution in [1.82, 2.24) is 5.32 Å². The van der Waals surface area contributed by atoms with E-state index in [1.165, 1.54) is 218 Å². The van der Waals surface area contributed by atoms with Crippen molar-refractivity contribution in [2.45, 2.75) is 283 Å². The molecule has 0 aliphatic heterocycles. The van der Waals surface area contributed by atoms with Crippen LogP contribution in [0.4, 0.5) is 0 Å². The van der Waals surface area contributed by atoms with E-state index in [0.29, 0.717) is 12.8 Å². The van der Waals surface area contributed by atoms with Crippen molar-refractivity contribution in [3.8, 4) is 0 Å². The summed E-state index contributed by atoms with van der Waals surface area (Å²) in [7, 11) is 0. The van der Waals surface area contributed by atoms with Crippen LogP contribution in [-0.4, -0.2) is 34.9 Å². The number of rotatable bonds is 44. The lowest BCUT2D eigenvalue weighted by Crippen LogP contribution is -2.45. The molecule has 0 aromatic heterocycles. The number of nitrogens with one attached hydrogen (secondary N) is 1. The molecule has 0 aromatic carbocycles. The topological polar surface area (TPSA) is 69.6 Å². The van der Waals surface area contributed by atoms with Gasteiger partial charge in [-0.1, -0.05) is 238 Å². The Balaban J connectivity index is 3.46. The number of unbranched alkanes of at least 4 members (excludes halogenated alkanes) is 35. The van der Waals surface area contributed by atoms with Crippen LogP contribution in [0, 0.1) is 0 Å². The van der Waals surface area contributed by atoms with Crippen LogP contribution in [0.1, 0.15) is 271 Å². The summed E-state index contributed by atoms with van der Waals surface area (Å²) < 4.78 is 0. The SMILES string of the molecule is CCCCCCCC/C=C\CCCCCCCCCC(=O)NC(CO)C(O)CCCCCCCCCCCCCCCCCCCCCCCCC. The Morgan fingerprint density at radius 3 is 1.06 bits per heavy atom. The first kappa shape index (κ1) is 51.1. The Kier molecular flexibility index (Phi) is 43.8. The molecule has 0 saturated heterocycles. The summed E-state index contributed by atoms with van der Waals surface area (Å²) in [5.41, 5.74) is 0. The summed E-state index contributed by atoms with van der Waals surface area (Å²) >= 11 is 0. The lowest BCUT2D eigenvalue weighted by molar-refractivity contribution is -0.123. The fourth-order valence-electron chi connectivity index (χ4n) is 7.59. The largest absolute Gasteiger partial charge is 0.394 e. The molecule has 0 fully saturated rings. The van der Waals surface area contributed by atoms with Crippen molar-refractivity contribution in [2.24, 2.45) is 0 Å². The normalized spacial score (nSPS) is 12.9. The minimum atomic E-state index is -0.658. The van der Waals surface area contributed by atoms with Gasteiger partial charge in [0.15, 0.2) is 0 Å². The Labute approximate surface area is 327 Å². The molecule has 1 amide bonds. The standard InChI is InChI=1S/C48H95NO3/c1-3-5-7-9-11-13-15-17-19-21-22-23-24-25-26-28-29-31-33-35-37-39-41-43-47(51)46(45-50)49-48(52)44-42-40-38-36-34-32-30-27-20-18-16-14-12-10-8-6-4-2/h18,20,46-47,50-51H,3-17,19,21-45H2,1-2H3,(H,49,52)/b20-18-. The molecule has 3 N–H and O–H groups in total. The van der Waals surface area contributed by atoms with E-state index >= 15 is 0 Å². The van der Waals surface area contributed by atoms with E-state index in [-0.39, 0.29) is 12.5 Å². The maximum Gasteiger partial charge on any atom is 0.220 e. The number of hydrogen-bond donors (Lipinski definition) is 3. The van der Waals surface area contributed by atoms with Gasteiger partial charge in [0, 0.05) is 6.42 Å². The molecule has 0 aliphatic carbocycles. The molecule has 0 rings (SSSR count). The smallest absolute Gasteiger partial charge is 0.220 e. The van der Waals surface area contributed by atoms with Crippen molar-refractivity contribution in [3.63, 3.8) is 0 Å². The first-order valence-electron chi connectivity index (χ1n) is 23.9. The second-order valence-electron chi connectivity index (χ2n) is 16.5. The predicted octanol–water partition coefficient (Wildman–Crippen LogP) is 15.0. The number of aliphatic hydroxyl groups is 2. The summed E-state index contributed by atoms with van der Waals surface area (Å²) in [4.78, 5) is 12.4. The van der Waals surface area contributed by atoms with Gasteiger partial charge in [-0.05, 0) is 38.5 Å². The minimum absolute atomic E-state index is 0.0322. The molecular formula is C48H95NO3. The van der Waals surface area contributed by atoms with Crippen LogP contribution >= 0.6 is 0 Å². The summed E-state index contributed by atoms with van der Waals surface area (Å²) in [6.45, 7) is 4.38.